The number of carbonyl (C=O) groups excluding carboxylic acids is 2. The summed E-state index contributed by atoms with van der Waals surface area (Å²) in [5.41, 5.74) is 0.302. The zero-order valence-corrected chi connectivity index (χ0v) is 13.5. The van der Waals surface area contributed by atoms with Gasteiger partial charge in [0.2, 0.25) is 0 Å². The predicted molar refractivity (Wildman–Crippen MR) is 87.5 cm³/mol. The Kier molecular flexibility index (Phi) is 5.68. The number of hydrogen-bond donors (Lipinski definition) is 0. The average Bonchev–Trinajstić information content (AvgIpc) is 2.75. The van der Waals surface area contributed by atoms with Crippen LogP contribution in [0.25, 0.3) is 6.08 Å². The van der Waals surface area contributed by atoms with E-state index in [0.717, 1.165) is 11.8 Å². The van der Waals surface area contributed by atoms with Crippen LogP contribution in [0.2, 0.25) is 0 Å². The van der Waals surface area contributed by atoms with Gasteiger partial charge in [0.1, 0.15) is 16.7 Å². The first-order valence-corrected chi connectivity index (χ1v) is 7.91. The van der Waals surface area contributed by atoms with Crippen molar-refractivity contribution in [1.29, 1.82) is 0 Å². The summed E-state index contributed by atoms with van der Waals surface area (Å²) >= 11 is 6.15. The van der Waals surface area contributed by atoms with Crippen molar-refractivity contribution in [3.8, 4) is 0 Å². The minimum atomic E-state index is -0.509. The molecular formula is C15H14FNO3S2. The first-order chi connectivity index (χ1) is 10.5. The lowest BCUT2D eigenvalue weighted by Gasteiger charge is -2.13. The summed E-state index contributed by atoms with van der Waals surface area (Å²) in [6.07, 6.45) is 2.14. The summed E-state index contributed by atoms with van der Waals surface area (Å²) in [5.74, 6) is -1.34. The Morgan fingerprint density at radius 3 is 2.86 bits per heavy atom. The molecule has 0 bridgehead atoms. The molecule has 0 radical (unpaired) electrons. The van der Waals surface area contributed by atoms with Gasteiger partial charge in [-0.1, -0.05) is 49.1 Å². The number of nitrogens with zero attached hydrogens (tertiary/aromatic N) is 1. The van der Waals surface area contributed by atoms with E-state index in [1.165, 1.54) is 17.0 Å². The average molecular weight is 339 g/mol. The van der Waals surface area contributed by atoms with Crippen LogP contribution in [0.1, 0.15) is 18.9 Å². The SMILES string of the molecule is CCCOC(=O)CN1C(=O)C(=Cc2ccccc2F)SC1=S. The van der Waals surface area contributed by atoms with E-state index in [0.29, 0.717) is 23.5 Å². The third kappa shape index (κ3) is 3.92. The van der Waals surface area contributed by atoms with Crippen molar-refractivity contribution in [3.63, 3.8) is 0 Å². The van der Waals surface area contributed by atoms with E-state index in [1.807, 2.05) is 6.92 Å². The molecule has 1 aromatic rings. The van der Waals surface area contributed by atoms with Crippen LogP contribution in [0.5, 0.6) is 0 Å². The van der Waals surface area contributed by atoms with Crippen molar-refractivity contribution in [2.75, 3.05) is 13.2 Å². The van der Waals surface area contributed by atoms with Crippen LogP contribution in [0.3, 0.4) is 0 Å². The second kappa shape index (κ2) is 7.51. The highest BCUT2D eigenvalue weighted by atomic mass is 32.2. The first kappa shape index (κ1) is 16.6. The number of thiocarbonyl (C=S) groups is 1. The van der Waals surface area contributed by atoms with Crippen molar-refractivity contribution >= 4 is 46.3 Å². The number of esters is 1. The number of thioether (sulfide) groups is 1. The van der Waals surface area contributed by atoms with E-state index in [1.54, 1.807) is 18.2 Å². The highest BCUT2D eigenvalue weighted by molar-refractivity contribution is 8.26. The van der Waals surface area contributed by atoms with Gasteiger partial charge in [0.15, 0.2) is 0 Å². The maximum absolute atomic E-state index is 13.6. The van der Waals surface area contributed by atoms with Crippen LogP contribution >= 0.6 is 24.0 Å². The number of halogens is 1. The van der Waals surface area contributed by atoms with Gasteiger partial charge in [-0.05, 0) is 18.6 Å². The molecule has 2 rings (SSSR count). The summed E-state index contributed by atoms with van der Waals surface area (Å²) in [7, 11) is 0. The summed E-state index contributed by atoms with van der Waals surface area (Å²) in [4.78, 5) is 25.3. The summed E-state index contributed by atoms with van der Waals surface area (Å²) in [6.45, 7) is 1.96. The molecule has 1 saturated heterocycles. The van der Waals surface area contributed by atoms with E-state index in [9.17, 15) is 14.0 Å². The number of amides is 1. The lowest BCUT2D eigenvalue weighted by Crippen LogP contribution is -2.34. The lowest BCUT2D eigenvalue weighted by molar-refractivity contribution is -0.146. The fourth-order valence-electron chi connectivity index (χ4n) is 1.76. The molecule has 0 aliphatic carbocycles. The monoisotopic (exact) mass is 339 g/mol. The van der Waals surface area contributed by atoms with Crippen LogP contribution < -0.4 is 0 Å². The smallest absolute Gasteiger partial charge is 0.326 e. The van der Waals surface area contributed by atoms with Crippen LogP contribution in [0.4, 0.5) is 4.39 Å². The van der Waals surface area contributed by atoms with E-state index < -0.39 is 17.7 Å². The van der Waals surface area contributed by atoms with Gasteiger partial charge >= 0.3 is 5.97 Å². The molecule has 22 heavy (non-hydrogen) atoms. The Morgan fingerprint density at radius 2 is 2.18 bits per heavy atom. The van der Waals surface area contributed by atoms with Crippen molar-refractivity contribution < 1.29 is 18.7 Å². The third-order valence-electron chi connectivity index (χ3n) is 2.82. The minimum Gasteiger partial charge on any atom is -0.464 e. The molecule has 0 unspecified atom stereocenters. The summed E-state index contributed by atoms with van der Waals surface area (Å²) in [6, 6.07) is 6.13. The first-order valence-electron chi connectivity index (χ1n) is 6.68. The van der Waals surface area contributed by atoms with Crippen molar-refractivity contribution in [3.05, 3.63) is 40.6 Å². The zero-order valence-electron chi connectivity index (χ0n) is 11.9. The molecule has 1 heterocycles. The van der Waals surface area contributed by atoms with Crippen molar-refractivity contribution in [1.82, 2.24) is 4.90 Å². The Labute approximate surface area is 137 Å². The molecule has 4 nitrogen and oxygen atoms in total. The molecule has 0 aromatic heterocycles. The van der Waals surface area contributed by atoms with Crippen LogP contribution in [-0.4, -0.2) is 34.2 Å². The minimum absolute atomic E-state index is 0.223. The van der Waals surface area contributed by atoms with Gasteiger partial charge in [-0.15, -0.1) is 0 Å². The van der Waals surface area contributed by atoms with Crippen LogP contribution in [0, 0.1) is 5.82 Å². The molecule has 1 fully saturated rings. The second-order valence-corrected chi connectivity index (χ2v) is 6.19. The Bertz CT molecular complexity index is 645. The molecule has 116 valence electrons. The highest BCUT2D eigenvalue weighted by Crippen LogP contribution is 2.32. The fraction of sp³-hybridized carbons (Fsp3) is 0.267. The third-order valence-corrected chi connectivity index (χ3v) is 4.20. The van der Waals surface area contributed by atoms with Crippen LogP contribution in [0.15, 0.2) is 29.2 Å². The Morgan fingerprint density at radius 1 is 1.45 bits per heavy atom. The van der Waals surface area contributed by atoms with Crippen molar-refractivity contribution in [2.45, 2.75) is 13.3 Å². The molecule has 0 spiro atoms. The number of carbonyl (C=O) groups is 2. The van der Waals surface area contributed by atoms with Gasteiger partial charge < -0.3 is 4.74 Å². The lowest BCUT2D eigenvalue weighted by atomic mass is 10.2. The second-order valence-electron chi connectivity index (χ2n) is 4.51. The molecule has 1 amide bonds. The molecule has 1 aliphatic heterocycles. The van der Waals surface area contributed by atoms with Gasteiger partial charge in [-0.25, -0.2) is 4.39 Å². The van der Waals surface area contributed by atoms with Gasteiger partial charge in [0.05, 0.1) is 11.5 Å². The Balaban J connectivity index is 2.12. The van der Waals surface area contributed by atoms with Gasteiger partial charge in [-0.2, -0.15) is 0 Å². The molecule has 0 saturated carbocycles. The number of rotatable bonds is 5. The topological polar surface area (TPSA) is 46.6 Å². The molecular weight excluding hydrogens is 325 g/mol. The molecule has 1 aromatic carbocycles. The van der Waals surface area contributed by atoms with E-state index in [4.69, 9.17) is 17.0 Å². The number of benzene rings is 1. The standard InChI is InChI=1S/C15H14FNO3S2/c1-2-7-20-13(18)9-17-14(19)12(22-15(17)21)8-10-5-3-4-6-11(10)16/h3-6,8H,2,7,9H2,1H3. The molecule has 7 heteroatoms. The predicted octanol–water partition coefficient (Wildman–Crippen LogP) is 2.98. The number of ether oxygens (including phenoxy) is 1. The Hall–Kier alpha value is -1.73. The summed E-state index contributed by atoms with van der Waals surface area (Å²) in [5, 5.41) is 0. The van der Waals surface area contributed by atoms with E-state index in [-0.39, 0.29) is 10.9 Å². The van der Waals surface area contributed by atoms with E-state index >= 15 is 0 Å². The number of hydrogen-bond acceptors (Lipinski definition) is 5. The summed E-state index contributed by atoms with van der Waals surface area (Å²) < 4.78 is 18.8. The maximum atomic E-state index is 13.6. The van der Waals surface area contributed by atoms with Crippen LogP contribution in [-0.2, 0) is 14.3 Å². The zero-order chi connectivity index (χ0) is 16.1. The van der Waals surface area contributed by atoms with Gasteiger partial charge in [-0.3, -0.25) is 14.5 Å². The fourth-order valence-corrected chi connectivity index (χ4v) is 3.01. The quantitative estimate of drug-likeness (QED) is 0.469. The molecule has 0 atom stereocenters. The normalized spacial score (nSPS) is 16.5. The molecule has 0 N–H and O–H groups in total. The van der Waals surface area contributed by atoms with Gasteiger partial charge in [0.25, 0.3) is 5.91 Å². The highest BCUT2D eigenvalue weighted by Gasteiger charge is 2.33. The van der Waals surface area contributed by atoms with Gasteiger partial charge in [0, 0.05) is 5.56 Å². The largest absolute Gasteiger partial charge is 0.464 e. The molecule has 1 aliphatic rings. The maximum Gasteiger partial charge on any atom is 0.326 e. The van der Waals surface area contributed by atoms with E-state index in [2.05, 4.69) is 0 Å². The van der Waals surface area contributed by atoms with Crippen molar-refractivity contribution in [2.24, 2.45) is 0 Å².